The number of hydrogen-bond donors (Lipinski definition) is 1. The number of hydrogen-bond acceptors (Lipinski definition) is 3. The third-order valence-electron chi connectivity index (χ3n) is 3.78. The average Bonchev–Trinajstić information content (AvgIpc) is 2.74. The summed E-state index contributed by atoms with van der Waals surface area (Å²) in [5, 5.41) is 15.2. The lowest BCUT2D eigenvalue weighted by molar-refractivity contribution is 0.0572. The highest BCUT2D eigenvalue weighted by atomic mass is 16.3. The van der Waals surface area contributed by atoms with Gasteiger partial charge in [-0.05, 0) is 36.8 Å². The van der Waals surface area contributed by atoms with Crippen molar-refractivity contribution in [2.24, 2.45) is 7.05 Å². The van der Waals surface area contributed by atoms with Crippen molar-refractivity contribution in [1.82, 2.24) is 14.8 Å². The molecule has 1 N–H and O–H groups in total. The Bertz CT molecular complexity index is 564. The van der Waals surface area contributed by atoms with E-state index in [-0.39, 0.29) is 0 Å². The molecule has 0 bridgehead atoms. The summed E-state index contributed by atoms with van der Waals surface area (Å²) in [4.78, 5) is 4.25. The van der Waals surface area contributed by atoms with E-state index in [9.17, 15) is 5.11 Å². The molecule has 2 aromatic rings. The van der Waals surface area contributed by atoms with Crippen molar-refractivity contribution in [3.63, 3.8) is 0 Å². The van der Waals surface area contributed by atoms with Gasteiger partial charge in [0.25, 0.3) is 0 Å². The van der Waals surface area contributed by atoms with Crippen LogP contribution in [0.3, 0.4) is 0 Å². The van der Waals surface area contributed by atoms with Crippen LogP contribution in [0, 0.1) is 0 Å². The van der Waals surface area contributed by atoms with Crippen molar-refractivity contribution in [2.75, 3.05) is 0 Å². The fourth-order valence-corrected chi connectivity index (χ4v) is 2.88. The Kier molecular flexibility index (Phi) is 2.67. The molecule has 3 rings (SSSR count). The van der Waals surface area contributed by atoms with Gasteiger partial charge in [0, 0.05) is 7.05 Å². The molecule has 1 aromatic heterocycles. The Labute approximate surface area is 106 Å². The lowest BCUT2D eigenvalue weighted by atomic mass is 9.87. The van der Waals surface area contributed by atoms with E-state index in [0.29, 0.717) is 12.2 Å². The minimum Gasteiger partial charge on any atom is -0.377 e. The minimum absolute atomic E-state index is 0.636. The van der Waals surface area contributed by atoms with Crippen LogP contribution in [0.15, 0.2) is 30.6 Å². The van der Waals surface area contributed by atoms with E-state index >= 15 is 0 Å². The van der Waals surface area contributed by atoms with Gasteiger partial charge in [0.2, 0.25) is 0 Å². The lowest BCUT2D eigenvalue weighted by Crippen LogP contribution is -2.31. The van der Waals surface area contributed by atoms with E-state index in [0.717, 1.165) is 24.8 Å². The molecule has 4 nitrogen and oxygen atoms in total. The molecule has 1 atom stereocenters. The van der Waals surface area contributed by atoms with E-state index in [4.69, 9.17) is 0 Å². The zero-order chi connectivity index (χ0) is 12.6. The molecule has 94 valence electrons. The van der Waals surface area contributed by atoms with Crippen molar-refractivity contribution < 1.29 is 5.11 Å². The molecule has 0 fully saturated rings. The van der Waals surface area contributed by atoms with Crippen LogP contribution in [-0.4, -0.2) is 19.9 Å². The smallest absolute Gasteiger partial charge is 0.163 e. The van der Waals surface area contributed by atoms with Crippen LogP contribution in [0.1, 0.15) is 36.2 Å². The van der Waals surface area contributed by atoms with Gasteiger partial charge in [-0.15, -0.1) is 0 Å². The van der Waals surface area contributed by atoms with E-state index in [2.05, 4.69) is 16.1 Å². The SMILES string of the molecule is Cn1ncnc1C1(O)CCCCc2ccccc21. The number of nitrogens with zero attached hydrogens (tertiary/aromatic N) is 3. The number of rotatable bonds is 1. The van der Waals surface area contributed by atoms with Gasteiger partial charge >= 0.3 is 0 Å². The minimum atomic E-state index is -1.00. The Balaban J connectivity index is 2.19. The van der Waals surface area contributed by atoms with Gasteiger partial charge in [0.15, 0.2) is 5.82 Å². The van der Waals surface area contributed by atoms with Gasteiger partial charge in [-0.1, -0.05) is 24.3 Å². The molecule has 1 heterocycles. The third kappa shape index (κ3) is 1.64. The first-order valence-electron chi connectivity index (χ1n) is 6.37. The zero-order valence-electron chi connectivity index (χ0n) is 10.5. The van der Waals surface area contributed by atoms with Crippen molar-refractivity contribution in [2.45, 2.75) is 31.3 Å². The molecule has 1 aliphatic rings. The molecule has 18 heavy (non-hydrogen) atoms. The van der Waals surface area contributed by atoms with Gasteiger partial charge in [-0.2, -0.15) is 5.10 Å². The standard InChI is InChI=1S/C14H17N3O/c1-17-13(15-10-16-17)14(18)9-5-4-7-11-6-2-3-8-12(11)14/h2-3,6,8,10,18H,4-5,7,9H2,1H3. The van der Waals surface area contributed by atoms with Gasteiger partial charge in [-0.3, -0.25) is 4.68 Å². The summed E-state index contributed by atoms with van der Waals surface area (Å²) in [6, 6.07) is 8.12. The first kappa shape index (κ1) is 11.4. The molecule has 0 aliphatic heterocycles. The molecule has 0 spiro atoms. The Morgan fingerprint density at radius 3 is 2.89 bits per heavy atom. The summed E-state index contributed by atoms with van der Waals surface area (Å²) in [6.07, 6.45) is 5.34. The summed E-state index contributed by atoms with van der Waals surface area (Å²) >= 11 is 0. The zero-order valence-corrected chi connectivity index (χ0v) is 10.5. The summed E-state index contributed by atoms with van der Waals surface area (Å²) in [5.41, 5.74) is 1.21. The summed E-state index contributed by atoms with van der Waals surface area (Å²) in [6.45, 7) is 0. The molecule has 0 saturated heterocycles. The van der Waals surface area contributed by atoms with Gasteiger partial charge in [-0.25, -0.2) is 4.98 Å². The van der Waals surface area contributed by atoms with Crippen LogP contribution in [0.2, 0.25) is 0 Å². The molecule has 0 amide bonds. The van der Waals surface area contributed by atoms with Crippen LogP contribution in [0.5, 0.6) is 0 Å². The fourth-order valence-electron chi connectivity index (χ4n) is 2.88. The van der Waals surface area contributed by atoms with E-state index in [1.807, 2.05) is 25.2 Å². The first-order valence-corrected chi connectivity index (χ1v) is 6.37. The molecule has 0 saturated carbocycles. The van der Waals surface area contributed by atoms with Crippen LogP contribution < -0.4 is 0 Å². The van der Waals surface area contributed by atoms with E-state index in [1.54, 1.807) is 4.68 Å². The molecular formula is C14H17N3O. The van der Waals surface area contributed by atoms with Crippen LogP contribution in [-0.2, 0) is 19.1 Å². The molecule has 1 unspecified atom stereocenters. The first-order chi connectivity index (χ1) is 8.72. The van der Waals surface area contributed by atoms with Crippen molar-refractivity contribution in [3.8, 4) is 0 Å². The number of benzene rings is 1. The van der Waals surface area contributed by atoms with Crippen molar-refractivity contribution in [1.29, 1.82) is 0 Å². The molecule has 1 aromatic carbocycles. The normalized spacial score (nSPS) is 23.4. The second-order valence-corrected chi connectivity index (χ2v) is 4.93. The van der Waals surface area contributed by atoms with Gasteiger partial charge in [0.1, 0.15) is 11.9 Å². The van der Waals surface area contributed by atoms with Crippen LogP contribution in [0.4, 0.5) is 0 Å². The maximum atomic E-state index is 11.1. The highest BCUT2D eigenvalue weighted by Gasteiger charge is 2.38. The molecule has 4 heteroatoms. The Morgan fingerprint density at radius 1 is 1.28 bits per heavy atom. The Morgan fingerprint density at radius 2 is 2.11 bits per heavy atom. The number of fused-ring (bicyclic) bond motifs is 1. The maximum absolute atomic E-state index is 11.1. The topological polar surface area (TPSA) is 50.9 Å². The maximum Gasteiger partial charge on any atom is 0.163 e. The summed E-state index contributed by atoms with van der Waals surface area (Å²) in [5.74, 6) is 0.636. The fraction of sp³-hybridized carbons (Fsp3) is 0.429. The Hall–Kier alpha value is -1.68. The third-order valence-corrected chi connectivity index (χ3v) is 3.78. The van der Waals surface area contributed by atoms with Crippen LogP contribution >= 0.6 is 0 Å². The monoisotopic (exact) mass is 243 g/mol. The van der Waals surface area contributed by atoms with Crippen LogP contribution in [0.25, 0.3) is 0 Å². The van der Waals surface area contributed by atoms with E-state index in [1.165, 1.54) is 11.9 Å². The highest BCUT2D eigenvalue weighted by Crippen LogP contribution is 2.38. The van der Waals surface area contributed by atoms with Gasteiger partial charge in [0.05, 0.1) is 0 Å². The van der Waals surface area contributed by atoms with Gasteiger partial charge < -0.3 is 5.11 Å². The summed E-state index contributed by atoms with van der Waals surface area (Å²) in [7, 11) is 1.83. The molecule has 0 radical (unpaired) electrons. The number of aromatic nitrogens is 3. The second-order valence-electron chi connectivity index (χ2n) is 4.93. The second kappa shape index (κ2) is 4.21. The van der Waals surface area contributed by atoms with E-state index < -0.39 is 5.60 Å². The molecule has 1 aliphatic carbocycles. The lowest BCUT2D eigenvalue weighted by Gasteiger charge is -2.27. The highest BCUT2D eigenvalue weighted by molar-refractivity contribution is 5.37. The quantitative estimate of drug-likeness (QED) is 0.777. The van der Waals surface area contributed by atoms with Crippen molar-refractivity contribution >= 4 is 0 Å². The molecular weight excluding hydrogens is 226 g/mol. The predicted molar refractivity (Wildman–Crippen MR) is 68.0 cm³/mol. The average molecular weight is 243 g/mol. The number of aliphatic hydroxyl groups is 1. The van der Waals surface area contributed by atoms with Crippen molar-refractivity contribution in [3.05, 3.63) is 47.5 Å². The largest absolute Gasteiger partial charge is 0.377 e. The summed E-state index contributed by atoms with van der Waals surface area (Å²) < 4.78 is 1.67. The predicted octanol–water partition coefficient (Wildman–Crippen LogP) is 1.78. The number of aryl methyl sites for hydroxylation is 2.